The summed E-state index contributed by atoms with van der Waals surface area (Å²) in [6, 6.07) is 3.91. The predicted octanol–water partition coefficient (Wildman–Crippen LogP) is 3.30. The summed E-state index contributed by atoms with van der Waals surface area (Å²) < 4.78 is 12.2. The van der Waals surface area contributed by atoms with Gasteiger partial charge in [-0.25, -0.2) is 0 Å². The number of hydrogen-bond acceptors (Lipinski definition) is 3. The molecule has 0 radical (unpaired) electrons. The second kappa shape index (κ2) is 5.54. The highest BCUT2D eigenvalue weighted by atomic mass is 79.9. The van der Waals surface area contributed by atoms with E-state index in [1.807, 2.05) is 19.1 Å². The van der Waals surface area contributed by atoms with Gasteiger partial charge in [-0.2, -0.15) is 0 Å². The SMILES string of the molecule is CC(CC=O)c1ccc2c(c1Br)OCCCO2. The average molecular weight is 299 g/mol. The molecular weight excluding hydrogens is 284 g/mol. The number of halogens is 1. The van der Waals surface area contributed by atoms with Gasteiger partial charge in [0.15, 0.2) is 11.5 Å². The lowest BCUT2D eigenvalue weighted by molar-refractivity contribution is -0.108. The van der Waals surface area contributed by atoms with Gasteiger partial charge in [0.25, 0.3) is 0 Å². The first-order valence-electron chi connectivity index (χ1n) is 5.75. The smallest absolute Gasteiger partial charge is 0.175 e. The molecule has 1 aliphatic heterocycles. The first kappa shape index (κ1) is 12.4. The first-order valence-corrected chi connectivity index (χ1v) is 6.55. The molecule has 17 heavy (non-hydrogen) atoms. The fourth-order valence-electron chi connectivity index (χ4n) is 1.87. The molecule has 1 unspecified atom stereocenters. The van der Waals surface area contributed by atoms with E-state index in [-0.39, 0.29) is 5.92 Å². The van der Waals surface area contributed by atoms with Crippen molar-refractivity contribution in [2.75, 3.05) is 13.2 Å². The lowest BCUT2D eigenvalue weighted by atomic mass is 9.98. The van der Waals surface area contributed by atoms with Gasteiger partial charge in [-0.3, -0.25) is 0 Å². The minimum Gasteiger partial charge on any atom is -0.490 e. The molecule has 0 aliphatic carbocycles. The molecule has 92 valence electrons. The van der Waals surface area contributed by atoms with Gasteiger partial charge in [0.2, 0.25) is 0 Å². The second-order valence-electron chi connectivity index (χ2n) is 4.15. The van der Waals surface area contributed by atoms with Crippen molar-refractivity contribution in [2.45, 2.75) is 25.7 Å². The van der Waals surface area contributed by atoms with Crippen LogP contribution in [0.3, 0.4) is 0 Å². The molecule has 4 heteroatoms. The number of benzene rings is 1. The standard InChI is InChI=1S/C13H15BrO3/c1-9(5-6-15)10-3-4-11-13(12(10)14)17-8-2-7-16-11/h3-4,6,9H,2,5,7-8H2,1H3. The van der Waals surface area contributed by atoms with E-state index in [9.17, 15) is 4.79 Å². The number of rotatable bonds is 3. The van der Waals surface area contributed by atoms with E-state index in [2.05, 4.69) is 15.9 Å². The van der Waals surface area contributed by atoms with Crippen LogP contribution >= 0.6 is 15.9 Å². The Hall–Kier alpha value is -1.03. The molecule has 1 aliphatic rings. The van der Waals surface area contributed by atoms with Crippen LogP contribution in [0.2, 0.25) is 0 Å². The third-order valence-corrected chi connectivity index (χ3v) is 3.68. The molecule has 0 spiro atoms. The number of aldehydes is 1. The van der Waals surface area contributed by atoms with E-state index in [1.54, 1.807) is 0 Å². The van der Waals surface area contributed by atoms with E-state index in [4.69, 9.17) is 9.47 Å². The second-order valence-corrected chi connectivity index (χ2v) is 4.94. The average Bonchev–Trinajstić information content (AvgIpc) is 2.55. The predicted molar refractivity (Wildman–Crippen MR) is 68.8 cm³/mol. The summed E-state index contributed by atoms with van der Waals surface area (Å²) >= 11 is 3.55. The lowest BCUT2D eigenvalue weighted by Crippen LogP contribution is -2.00. The molecule has 0 fully saturated rings. The molecule has 1 heterocycles. The minimum atomic E-state index is 0.180. The number of carbonyl (C=O) groups is 1. The van der Waals surface area contributed by atoms with Crippen molar-refractivity contribution >= 4 is 22.2 Å². The normalized spacial score (nSPS) is 16.1. The summed E-state index contributed by atoms with van der Waals surface area (Å²) in [5.74, 6) is 1.72. The van der Waals surface area contributed by atoms with E-state index in [0.717, 1.165) is 34.2 Å². The third-order valence-electron chi connectivity index (χ3n) is 2.86. The summed E-state index contributed by atoms with van der Waals surface area (Å²) in [7, 11) is 0. The molecule has 1 aromatic carbocycles. The molecule has 0 N–H and O–H groups in total. The summed E-state index contributed by atoms with van der Waals surface area (Å²) in [4.78, 5) is 10.6. The largest absolute Gasteiger partial charge is 0.490 e. The highest BCUT2D eigenvalue weighted by Gasteiger charge is 2.19. The topological polar surface area (TPSA) is 35.5 Å². The van der Waals surface area contributed by atoms with Crippen molar-refractivity contribution in [3.63, 3.8) is 0 Å². The van der Waals surface area contributed by atoms with Gasteiger partial charge in [0.1, 0.15) is 6.29 Å². The van der Waals surface area contributed by atoms with Crippen molar-refractivity contribution in [3.05, 3.63) is 22.2 Å². The van der Waals surface area contributed by atoms with E-state index in [0.29, 0.717) is 19.6 Å². The summed E-state index contributed by atoms with van der Waals surface area (Å²) in [6.07, 6.45) is 2.35. The fraction of sp³-hybridized carbons (Fsp3) is 0.462. The van der Waals surface area contributed by atoms with Gasteiger partial charge < -0.3 is 14.3 Å². The first-order chi connectivity index (χ1) is 8.24. The number of hydrogen-bond donors (Lipinski definition) is 0. The Morgan fingerprint density at radius 2 is 2.18 bits per heavy atom. The molecule has 0 saturated heterocycles. The van der Waals surface area contributed by atoms with E-state index in [1.165, 1.54) is 0 Å². The minimum absolute atomic E-state index is 0.180. The van der Waals surface area contributed by atoms with Crippen molar-refractivity contribution in [1.29, 1.82) is 0 Å². The summed E-state index contributed by atoms with van der Waals surface area (Å²) in [6.45, 7) is 3.37. The summed E-state index contributed by atoms with van der Waals surface area (Å²) in [5, 5.41) is 0. The number of fused-ring (bicyclic) bond motifs is 1. The molecule has 3 nitrogen and oxygen atoms in total. The zero-order valence-electron chi connectivity index (χ0n) is 9.74. The Bertz CT molecular complexity index is 417. The highest BCUT2D eigenvalue weighted by Crippen LogP contribution is 2.42. The lowest BCUT2D eigenvalue weighted by Gasteiger charge is -2.16. The van der Waals surface area contributed by atoms with Gasteiger partial charge in [-0.05, 0) is 33.5 Å². The highest BCUT2D eigenvalue weighted by molar-refractivity contribution is 9.10. The molecule has 0 saturated carbocycles. The van der Waals surface area contributed by atoms with Gasteiger partial charge in [0.05, 0.1) is 17.7 Å². The molecule has 0 amide bonds. The summed E-state index contributed by atoms with van der Waals surface area (Å²) in [5.41, 5.74) is 1.08. The van der Waals surface area contributed by atoms with Crippen LogP contribution in [0.15, 0.2) is 16.6 Å². The van der Waals surface area contributed by atoms with Crippen molar-refractivity contribution in [1.82, 2.24) is 0 Å². The van der Waals surface area contributed by atoms with Gasteiger partial charge in [0, 0.05) is 12.8 Å². The van der Waals surface area contributed by atoms with Crippen LogP contribution in [0.4, 0.5) is 0 Å². The van der Waals surface area contributed by atoms with Crippen LogP contribution < -0.4 is 9.47 Å². The van der Waals surface area contributed by atoms with Crippen molar-refractivity contribution in [3.8, 4) is 11.5 Å². The Morgan fingerprint density at radius 3 is 2.94 bits per heavy atom. The fourth-order valence-corrected chi connectivity index (χ4v) is 2.70. The monoisotopic (exact) mass is 298 g/mol. The van der Waals surface area contributed by atoms with Crippen molar-refractivity contribution in [2.24, 2.45) is 0 Å². The van der Waals surface area contributed by atoms with E-state index < -0.39 is 0 Å². The Labute approximate surface area is 109 Å². The maximum absolute atomic E-state index is 10.6. The van der Waals surface area contributed by atoms with Gasteiger partial charge in [-0.15, -0.1) is 0 Å². The van der Waals surface area contributed by atoms with Gasteiger partial charge in [-0.1, -0.05) is 13.0 Å². The van der Waals surface area contributed by atoms with E-state index >= 15 is 0 Å². The van der Waals surface area contributed by atoms with Crippen LogP contribution in [-0.4, -0.2) is 19.5 Å². The zero-order valence-corrected chi connectivity index (χ0v) is 11.3. The third kappa shape index (κ3) is 2.63. The number of ether oxygens (including phenoxy) is 2. The molecular formula is C13H15BrO3. The van der Waals surface area contributed by atoms with Crippen LogP contribution in [-0.2, 0) is 4.79 Å². The van der Waals surface area contributed by atoms with Crippen LogP contribution in [0.25, 0.3) is 0 Å². The zero-order chi connectivity index (χ0) is 12.3. The Kier molecular flexibility index (Phi) is 4.05. The Balaban J connectivity index is 2.37. The molecule has 0 bridgehead atoms. The van der Waals surface area contributed by atoms with Gasteiger partial charge >= 0.3 is 0 Å². The quantitative estimate of drug-likeness (QED) is 0.803. The molecule has 0 aromatic heterocycles. The van der Waals surface area contributed by atoms with Crippen LogP contribution in [0.5, 0.6) is 11.5 Å². The maximum Gasteiger partial charge on any atom is 0.175 e. The molecule has 2 rings (SSSR count). The Morgan fingerprint density at radius 1 is 1.41 bits per heavy atom. The maximum atomic E-state index is 10.6. The van der Waals surface area contributed by atoms with Crippen LogP contribution in [0, 0.1) is 0 Å². The number of carbonyl (C=O) groups excluding carboxylic acids is 1. The van der Waals surface area contributed by atoms with Crippen molar-refractivity contribution < 1.29 is 14.3 Å². The molecule has 1 atom stereocenters. The molecule has 1 aromatic rings. The van der Waals surface area contributed by atoms with Crippen LogP contribution in [0.1, 0.15) is 31.2 Å².